The SMILES string of the molecule is CC1(N2CCC(c3cc4cc(NC(=O)[C@H]5C[C@H]5C#N)ncc4cc3Cl)CC2)COC1. The van der Waals surface area contributed by atoms with E-state index in [1.807, 2.05) is 12.1 Å². The van der Waals surface area contributed by atoms with Crippen LogP contribution in [0, 0.1) is 23.2 Å². The summed E-state index contributed by atoms with van der Waals surface area (Å²) < 4.78 is 5.42. The number of likely N-dealkylation sites (tertiary alicyclic amines) is 1. The zero-order valence-electron chi connectivity index (χ0n) is 17.0. The van der Waals surface area contributed by atoms with Gasteiger partial charge in [-0.1, -0.05) is 11.6 Å². The number of hydrogen-bond acceptors (Lipinski definition) is 5. The number of nitriles is 1. The van der Waals surface area contributed by atoms with E-state index >= 15 is 0 Å². The second-order valence-corrected chi connectivity index (χ2v) is 9.52. The molecule has 0 radical (unpaired) electrons. The molecule has 1 aromatic heterocycles. The lowest BCUT2D eigenvalue weighted by Gasteiger charge is -2.50. The van der Waals surface area contributed by atoms with Gasteiger partial charge in [0, 0.05) is 16.6 Å². The number of amides is 1. The Hall–Kier alpha value is -2.20. The highest BCUT2D eigenvalue weighted by Crippen LogP contribution is 2.40. The van der Waals surface area contributed by atoms with Crippen molar-refractivity contribution < 1.29 is 9.53 Å². The molecule has 6 nitrogen and oxygen atoms in total. The summed E-state index contributed by atoms with van der Waals surface area (Å²) in [6.45, 7) is 6.04. The number of nitrogens with zero attached hydrogens (tertiary/aromatic N) is 3. The summed E-state index contributed by atoms with van der Waals surface area (Å²) in [7, 11) is 0. The van der Waals surface area contributed by atoms with Crippen molar-refractivity contribution in [2.45, 2.75) is 37.6 Å². The largest absolute Gasteiger partial charge is 0.377 e. The number of piperidine rings is 1. The highest BCUT2D eigenvalue weighted by atomic mass is 35.5. The molecule has 1 aliphatic carbocycles. The predicted octanol–water partition coefficient (Wildman–Crippen LogP) is 3.95. The van der Waals surface area contributed by atoms with Gasteiger partial charge in [-0.3, -0.25) is 9.69 Å². The van der Waals surface area contributed by atoms with Crippen molar-refractivity contribution in [3.05, 3.63) is 35.0 Å². The van der Waals surface area contributed by atoms with Crippen LogP contribution < -0.4 is 5.32 Å². The van der Waals surface area contributed by atoms with Gasteiger partial charge in [0.1, 0.15) is 5.82 Å². The average Bonchev–Trinajstić information content (AvgIpc) is 3.52. The summed E-state index contributed by atoms with van der Waals surface area (Å²) in [5.74, 6) is 0.467. The van der Waals surface area contributed by atoms with Gasteiger partial charge in [-0.15, -0.1) is 0 Å². The molecule has 1 amide bonds. The van der Waals surface area contributed by atoms with Crippen LogP contribution in [0.4, 0.5) is 5.82 Å². The zero-order valence-corrected chi connectivity index (χ0v) is 17.8. The van der Waals surface area contributed by atoms with E-state index in [1.54, 1.807) is 6.20 Å². The van der Waals surface area contributed by atoms with Crippen molar-refractivity contribution in [1.82, 2.24) is 9.88 Å². The number of fused-ring (bicyclic) bond motifs is 1. The monoisotopic (exact) mass is 424 g/mol. The predicted molar refractivity (Wildman–Crippen MR) is 115 cm³/mol. The first-order valence-electron chi connectivity index (χ1n) is 10.6. The van der Waals surface area contributed by atoms with E-state index in [0.29, 0.717) is 18.2 Å². The third-order valence-electron chi connectivity index (χ3n) is 6.91. The third-order valence-corrected chi connectivity index (χ3v) is 7.23. The van der Waals surface area contributed by atoms with E-state index in [0.717, 1.165) is 54.9 Å². The molecule has 156 valence electrons. The number of nitrogens with one attached hydrogen (secondary N) is 1. The van der Waals surface area contributed by atoms with E-state index in [-0.39, 0.29) is 23.3 Å². The minimum absolute atomic E-state index is 0.122. The Morgan fingerprint density at radius 3 is 2.70 bits per heavy atom. The molecule has 1 N–H and O–H groups in total. The van der Waals surface area contributed by atoms with Gasteiger partial charge < -0.3 is 10.1 Å². The molecule has 2 aliphatic heterocycles. The van der Waals surface area contributed by atoms with Crippen LogP contribution in [0.3, 0.4) is 0 Å². The lowest BCUT2D eigenvalue weighted by atomic mass is 9.85. The number of rotatable bonds is 4. The molecular weight excluding hydrogens is 400 g/mol. The van der Waals surface area contributed by atoms with E-state index < -0.39 is 0 Å². The lowest BCUT2D eigenvalue weighted by molar-refractivity contribution is -0.136. The van der Waals surface area contributed by atoms with Gasteiger partial charge in [0.25, 0.3) is 0 Å². The van der Waals surface area contributed by atoms with Crippen molar-refractivity contribution in [3.63, 3.8) is 0 Å². The van der Waals surface area contributed by atoms with Gasteiger partial charge in [-0.2, -0.15) is 5.26 Å². The Morgan fingerprint density at radius 1 is 1.30 bits per heavy atom. The Balaban J connectivity index is 1.32. The molecule has 2 atom stereocenters. The second kappa shape index (κ2) is 7.49. The van der Waals surface area contributed by atoms with Gasteiger partial charge >= 0.3 is 0 Å². The summed E-state index contributed by atoms with van der Waals surface area (Å²) >= 11 is 6.65. The molecule has 5 rings (SSSR count). The molecule has 7 heteroatoms. The van der Waals surface area contributed by atoms with Gasteiger partial charge in [0.2, 0.25) is 5.91 Å². The number of pyridine rings is 1. The Bertz CT molecular complexity index is 1040. The topological polar surface area (TPSA) is 78.3 Å². The first-order chi connectivity index (χ1) is 14.5. The molecule has 3 aliphatic rings. The molecule has 0 bridgehead atoms. The maximum atomic E-state index is 12.3. The van der Waals surface area contributed by atoms with Crippen LogP contribution in [-0.4, -0.2) is 47.6 Å². The minimum atomic E-state index is -0.207. The van der Waals surface area contributed by atoms with Crippen molar-refractivity contribution in [1.29, 1.82) is 5.26 Å². The first-order valence-corrected chi connectivity index (χ1v) is 11.0. The quantitative estimate of drug-likeness (QED) is 0.803. The van der Waals surface area contributed by atoms with Crippen LogP contribution in [0.25, 0.3) is 10.8 Å². The van der Waals surface area contributed by atoms with E-state index in [9.17, 15) is 4.79 Å². The fourth-order valence-electron chi connectivity index (χ4n) is 4.72. The number of benzene rings is 1. The number of ether oxygens (including phenoxy) is 1. The molecule has 2 aromatic rings. The number of aromatic nitrogens is 1. The molecule has 0 unspecified atom stereocenters. The summed E-state index contributed by atoms with van der Waals surface area (Å²) in [6.07, 6.45) is 4.54. The molecule has 3 fully saturated rings. The molecule has 30 heavy (non-hydrogen) atoms. The Labute approximate surface area is 181 Å². The highest BCUT2D eigenvalue weighted by Gasteiger charge is 2.43. The summed E-state index contributed by atoms with van der Waals surface area (Å²) in [4.78, 5) is 19.2. The lowest BCUT2D eigenvalue weighted by Crippen LogP contribution is -2.61. The number of carbonyl (C=O) groups is 1. The molecule has 1 aromatic carbocycles. The van der Waals surface area contributed by atoms with Crippen LogP contribution in [0.15, 0.2) is 24.4 Å². The van der Waals surface area contributed by atoms with Crippen LogP contribution in [0.5, 0.6) is 0 Å². The second-order valence-electron chi connectivity index (χ2n) is 9.11. The first kappa shape index (κ1) is 19.7. The van der Waals surface area contributed by atoms with Gasteiger partial charge in [0.05, 0.1) is 36.7 Å². The Kier molecular flexibility index (Phi) is 4.93. The molecular formula is C23H25ClN4O2. The van der Waals surface area contributed by atoms with Crippen molar-refractivity contribution >= 4 is 34.1 Å². The van der Waals surface area contributed by atoms with Crippen molar-refractivity contribution in [2.75, 3.05) is 31.6 Å². The smallest absolute Gasteiger partial charge is 0.230 e. The van der Waals surface area contributed by atoms with Crippen LogP contribution in [0.2, 0.25) is 5.02 Å². The van der Waals surface area contributed by atoms with Gasteiger partial charge in [-0.05, 0) is 74.3 Å². The maximum Gasteiger partial charge on any atom is 0.230 e. The standard InChI is InChI=1S/C23H25ClN4O2/c1-23(12-30-13-23)28-4-2-14(3-5-28)18-6-15-9-21(26-11-17(15)8-20(18)24)27-22(29)19-7-16(19)10-25/h6,8-9,11,14,16,19H,2-5,7,12-13H2,1H3,(H,26,27,29)/t16-,19-/m0/s1. The van der Waals surface area contributed by atoms with Crippen molar-refractivity contribution in [2.24, 2.45) is 11.8 Å². The molecule has 0 spiro atoms. The zero-order chi connectivity index (χ0) is 20.9. The third kappa shape index (κ3) is 3.56. The summed E-state index contributed by atoms with van der Waals surface area (Å²) in [6, 6.07) is 8.18. The summed E-state index contributed by atoms with van der Waals surface area (Å²) in [5.41, 5.74) is 1.37. The molecule has 1 saturated carbocycles. The van der Waals surface area contributed by atoms with Gasteiger partial charge in [0.15, 0.2) is 0 Å². The van der Waals surface area contributed by atoms with E-state index in [2.05, 4.69) is 34.3 Å². The fourth-order valence-corrected chi connectivity index (χ4v) is 5.05. The summed E-state index contributed by atoms with van der Waals surface area (Å²) in [5, 5.41) is 14.5. The number of carbonyl (C=O) groups excluding carboxylic acids is 1. The molecule has 3 heterocycles. The fraction of sp³-hybridized carbons (Fsp3) is 0.522. The minimum Gasteiger partial charge on any atom is -0.377 e. The van der Waals surface area contributed by atoms with E-state index in [4.69, 9.17) is 21.6 Å². The number of hydrogen-bond donors (Lipinski definition) is 1. The van der Waals surface area contributed by atoms with E-state index in [1.165, 1.54) is 5.56 Å². The van der Waals surface area contributed by atoms with Crippen molar-refractivity contribution in [3.8, 4) is 6.07 Å². The highest BCUT2D eigenvalue weighted by molar-refractivity contribution is 6.32. The molecule has 2 saturated heterocycles. The van der Waals surface area contributed by atoms with Crippen LogP contribution in [0.1, 0.15) is 37.7 Å². The Morgan fingerprint density at radius 2 is 2.07 bits per heavy atom. The average molecular weight is 425 g/mol. The number of halogens is 1. The van der Waals surface area contributed by atoms with Crippen LogP contribution in [-0.2, 0) is 9.53 Å². The maximum absolute atomic E-state index is 12.3. The normalized spacial score (nSPS) is 26.0. The number of anilines is 1. The van der Waals surface area contributed by atoms with Crippen LogP contribution >= 0.6 is 11.6 Å². The van der Waals surface area contributed by atoms with Gasteiger partial charge in [-0.25, -0.2) is 4.98 Å².